The van der Waals surface area contributed by atoms with E-state index in [1.807, 2.05) is 57.2 Å². The summed E-state index contributed by atoms with van der Waals surface area (Å²) in [6, 6.07) is 14.1. The maximum Gasteiger partial charge on any atom is 0.277 e. The molecule has 0 aliphatic carbocycles. The van der Waals surface area contributed by atoms with Gasteiger partial charge in [0.1, 0.15) is 5.75 Å². The molecule has 0 spiro atoms. The monoisotopic (exact) mass is 338 g/mol. The summed E-state index contributed by atoms with van der Waals surface area (Å²) in [5.74, 6) is 0.813. The van der Waals surface area contributed by atoms with Crippen LogP contribution in [-0.4, -0.2) is 18.2 Å². The Hall–Kier alpha value is -2.62. The average Bonchev–Trinajstić information content (AvgIpc) is 2.58. The van der Waals surface area contributed by atoms with Crippen molar-refractivity contribution in [3.05, 3.63) is 64.7 Å². The number of hydrazone groups is 1. The van der Waals surface area contributed by atoms with Crippen LogP contribution in [0.2, 0.25) is 0 Å². The average molecular weight is 338 g/mol. The zero-order valence-electron chi connectivity index (χ0n) is 15.6. The van der Waals surface area contributed by atoms with Gasteiger partial charge in [0.25, 0.3) is 5.91 Å². The van der Waals surface area contributed by atoms with Crippen LogP contribution in [0, 0.1) is 13.8 Å². The highest BCUT2D eigenvalue weighted by molar-refractivity contribution is 5.99. The van der Waals surface area contributed by atoms with E-state index in [1.165, 1.54) is 5.56 Å². The lowest BCUT2D eigenvalue weighted by Crippen LogP contribution is -2.26. The van der Waals surface area contributed by atoms with Crippen LogP contribution in [0.5, 0.6) is 5.75 Å². The molecule has 0 radical (unpaired) electrons. The number of rotatable bonds is 6. The van der Waals surface area contributed by atoms with Crippen molar-refractivity contribution in [1.82, 2.24) is 5.43 Å². The molecule has 4 heteroatoms. The van der Waals surface area contributed by atoms with Gasteiger partial charge in [0, 0.05) is 0 Å². The number of hydrogen-bond acceptors (Lipinski definition) is 3. The molecule has 0 saturated carbocycles. The van der Waals surface area contributed by atoms with Crippen molar-refractivity contribution in [3.8, 4) is 5.75 Å². The standard InChI is InChI=1S/C21H26N2O2/c1-14(2)19-11-8-16(4)12-20(19)25-13-21(24)23-22-17(5)18-9-6-15(3)7-10-18/h6-12,14H,13H2,1-5H3,(H,23,24). The fourth-order valence-electron chi connectivity index (χ4n) is 2.42. The molecule has 25 heavy (non-hydrogen) atoms. The van der Waals surface area contributed by atoms with E-state index in [4.69, 9.17) is 4.74 Å². The molecule has 0 unspecified atom stereocenters. The van der Waals surface area contributed by atoms with Gasteiger partial charge in [0.2, 0.25) is 0 Å². The lowest BCUT2D eigenvalue weighted by atomic mass is 10.0. The Bertz CT molecular complexity index is 762. The molecule has 0 heterocycles. The Kier molecular flexibility index (Phi) is 6.34. The van der Waals surface area contributed by atoms with E-state index < -0.39 is 0 Å². The normalized spacial score (nSPS) is 11.5. The van der Waals surface area contributed by atoms with Crippen molar-refractivity contribution in [2.45, 2.75) is 40.5 Å². The van der Waals surface area contributed by atoms with Crippen molar-refractivity contribution < 1.29 is 9.53 Å². The van der Waals surface area contributed by atoms with Crippen LogP contribution in [0.25, 0.3) is 0 Å². The van der Waals surface area contributed by atoms with Gasteiger partial charge >= 0.3 is 0 Å². The lowest BCUT2D eigenvalue weighted by molar-refractivity contribution is -0.123. The molecule has 2 aromatic rings. The molecule has 2 rings (SSSR count). The van der Waals surface area contributed by atoms with Gasteiger partial charge in [-0.15, -0.1) is 0 Å². The summed E-state index contributed by atoms with van der Waals surface area (Å²) in [4.78, 5) is 12.0. The van der Waals surface area contributed by atoms with Crippen molar-refractivity contribution in [2.24, 2.45) is 5.10 Å². The summed E-state index contributed by atoms with van der Waals surface area (Å²) in [7, 11) is 0. The van der Waals surface area contributed by atoms with Gasteiger partial charge in [-0.05, 0) is 49.4 Å². The molecule has 0 aliphatic rings. The highest BCUT2D eigenvalue weighted by Gasteiger charge is 2.10. The number of aryl methyl sites for hydroxylation is 2. The van der Waals surface area contributed by atoms with Gasteiger partial charge in [-0.2, -0.15) is 5.10 Å². The second-order valence-electron chi connectivity index (χ2n) is 6.58. The summed E-state index contributed by atoms with van der Waals surface area (Å²) in [5, 5.41) is 4.15. The van der Waals surface area contributed by atoms with Gasteiger partial charge in [0.05, 0.1) is 5.71 Å². The highest BCUT2D eigenvalue weighted by Crippen LogP contribution is 2.27. The van der Waals surface area contributed by atoms with E-state index in [0.29, 0.717) is 5.92 Å². The summed E-state index contributed by atoms with van der Waals surface area (Å²) >= 11 is 0. The van der Waals surface area contributed by atoms with Gasteiger partial charge in [-0.1, -0.05) is 55.8 Å². The molecule has 0 atom stereocenters. The van der Waals surface area contributed by atoms with E-state index in [1.54, 1.807) is 0 Å². The van der Waals surface area contributed by atoms with Crippen LogP contribution in [0.3, 0.4) is 0 Å². The number of amides is 1. The van der Waals surface area contributed by atoms with Crippen LogP contribution >= 0.6 is 0 Å². The first-order chi connectivity index (χ1) is 11.9. The van der Waals surface area contributed by atoms with Crippen LogP contribution in [0.1, 0.15) is 48.9 Å². The van der Waals surface area contributed by atoms with Crippen molar-refractivity contribution in [1.29, 1.82) is 0 Å². The second kappa shape index (κ2) is 8.47. The number of benzene rings is 2. The molecule has 1 amide bonds. The van der Waals surface area contributed by atoms with E-state index in [-0.39, 0.29) is 12.5 Å². The predicted molar refractivity (Wildman–Crippen MR) is 102 cm³/mol. The Labute approximate surface area is 149 Å². The largest absolute Gasteiger partial charge is 0.483 e. The fourth-order valence-corrected chi connectivity index (χ4v) is 2.42. The van der Waals surface area contributed by atoms with Crippen molar-refractivity contribution in [2.75, 3.05) is 6.61 Å². The van der Waals surface area contributed by atoms with Gasteiger partial charge in [0.15, 0.2) is 6.61 Å². The third-order valence-electron chi connectivity index (χ3n) is 3.97. The maximum absolute atomic E-state index is 12.0. The molecule has 0 aliphatic heterocycles. The van der Waals surface area contributed by atoms with Gasteiger partial charge < -0.3 is 4.74 Å². The number of nitrogens with one attached hydrogen (secondary N) is 1. The minimum absolute atomic E-state index is 0.0617. The quantitative estimate of drug-likeness (QED) is 0.629. The Morgan fingerprint density at radius 3 is 2.36 bits per heavy atom. The molecule has 0 aromatic heterocycles. The Balaban J connectivity index is 1.96. The van der Waals surface area contributed by atoms with Crippen LogP contribution in [-0.2, 0) is 4.79 Å². The summed E-state index contributed by atoms with van der Waals surface area (Å²) in [5.41, 5.74) is 7.68. The summed E-state index contributed by atoms with van der Waals surface area (Å²) < 4.78 is 5.71. The third-order valence-corrected chi connectivity index (χ3v) is 3.97. The lowest BCUT2D eigenvalue weighted by Gasteiger charge is -2.14. The SMILES string of the molecule is CC(=NNC(=O)COc1cc(C)ccc1C(C)C)c1ccc(C)cc1. The first-order valence-electron chi connectivity index (χ1n) is 8.50. The predicted octanol–water partition coefficient (Wildman–Crippen LogP) is 4.35. The molecule has 132 valence electrons. The molecule has 0 fully saturated rings. The van der Waals surface area contributed by atoms with Crippen LogP contribution in [0.15, 0.2) is 47.6 Å². The van der Waals surface area contributed by atoms with E-state index >= 15 is 0 Å². The topological polar surface area (TPSA) is 50.7 Å². The zero-order chi connectivity index (χ0) is 18.4. The summed E-state index contributed by atoms with van der Waals surface area (Å²) in [6.07, 6.45) is 0. The summed E-state index contributed by atoms with van der Waals surface area (Å²) in [6.45, 7) is 10.1. The Morgan fingerprint density at radius 1 is 1.08 bits per heavy atom. The van der Waals surface area contributed by atoms with E-state index in [2.05, 4.69) is 30.4 Å². The number of carbonyl (C=O) groups excluding carboxylic acids is 1. The Morgan fingerprint density at radius 2 is 1.72 bits per heavy atom. The molecule has 4 nitrogen and oxygen atoms in total. The zero-order valence-corrected chi connectivity index (χ0v) is 15.6. The number of carbonyl (C=O) groups is 1. The van der Waals surface area contributed by atoms with E-state index in [9.17, 15) is 4.79 Å². The van der Waals surface area contributed by atoms with Crippen molar-refractivity contribution >= 4 is 11.6 Å². The first kappa shape index (κ1) is 18.7. The number of hydrogen-bond donors (Lipinski definition) is 1. The van der Waals surface area contributed by atoms with Gasteiger partial charge in [-0.3, -0.25) is 4.79 Å². The highest BCUT2D eigenvalue weighted by atomic mass is 16.5. The van der Waals surface area contributed by atoms with Gasteiger partial charge in [-0.25, -0.2) is 5.43 Å². The maximum atomic E-state index is 12.0. The molecule has 2 aromatic carbocycles. The minimum atomic E-state index is -0.275. The van der Waals surface area contributed by atoms with Crippen LogP contribution in [0.4, 0.5) is 0 Å². The van der Waals surface area contributed by atoms with Crippen molar-refractivity contribution in [3.63, 3.8) is 0 Å². The minimum Gasteiger partial charge on any atom is -0.483 e. The molecular weight excluding hydrogens is 312 g/mol. The third kappa shape index (κ3) is 5.45. The molecule has 1 N–H and O–H groups in total. The molecule has 0 bridgehead atoms. The second-order valence-corrected chi connectivity index (χ2v) is 6.58. The number of ether oxygens (including phenoxy) is 1. The fraction of sp³-hybridized carbons (Fsp3) is 0.333. The smallest absolute Gasteiger partial charge is 0.277 e. The molecular formula is C21H26N2O2. The number of nitrogens with zero attached hydrogens (tertiary/aromatic N) is 1. The van der Waals surface area contributed by atoms with Crippen LogP contribution < -0.4 is 10.2 Å². The first-order valence-corrected chi connectivity index (χ1v) is 8.50. The molecule has 0 saturated heterocycles. The van der Waals surface area contributed by atoms with E-state index in [0.717, 1.165) is 28.2 Å².